The summed E-state index contributed by atoms with van der Waals surface area (Å²) in [5, 5.41) is 4.50. The number of piperazine rings is 1. The Morgan fingerprint density at radius 3 is 2.45 bits per heavy atom. The monoisotopic (exact) mass is 584 g/mol. The van der Waals surface area contributed by atoms with E-state index in [1.165, 1.54) is 6.08 Å². The number of carbonyl (C=O) groups is 2. The number of alkyl halides is 3. The molecule has 13 heteroatoms. The van der Waals surface area contributed by atoms with E-state index in [1.807, 2.05) is 12.3 Å². The number of ketones is 1. The molecule has 224 valence electrons. The molecule has 2 fully saturated rings. The number of nitrogen functional groups attached to an aromatic ring is 1. The molecule has 2 aliphatic rings. The van der Waals surface area contributed by atoms with Crippen LogP contribution in [0, 0.1) is 0 Å². The second-order valence-electron chi connectivity index (χ2n) is 10.8. The highest BCUT2D eigenvalue weighted by atomic mass is 19.4. The topological polar surface area (TPSA) is 113 Å². The van der Waals surface area contributed by atoms with Crippen molar-refractivity contribution in [2.24, 2.45) is 0 Å². The fraction of sp³-hybridized carbons (Fsp3) is 0.483. The summed E-state index contributed by atoms with van der Waals surface area (Å²) in [7, 11) is 0. The van der Waals surface area contributed by atoms with Gasteiger partial charge in [-0.3, -0.25) is 14.5 Å². The summed E-state index contributed by atoms with van der Waals surface area (Å²) in [4.78, 5) is 39.0. The van der Waals surface area contributed by atoms with E-state index in [4.69, 9.17) is 5.73 Å². The lowest BCUT2D eigenvalue weighted by molar-refractivity contribution is -0.137. The van der Waals surface area contributed by atoms with Gasteiger partial charge < -0.3 is 15.5 Å². The molecule has 3 aromatic heterocycles. The Balaban J connectivity index is 1.37. The molecule has 5 rings (SSSR count). The molecule has 0 spiro atoms. The Kier molecular flexibility index (Phi) is 8.76. The van der Waals surface area contributed by atoms with Crippen molar-refractivity contribution in [2.75, 3.05) is 49.9 Å². The summed E-state index contributed by atoms with van der Waals surface area (Å²) in [6, 6.07) is 2.80. The van der Waals surface area contributed by atoms with E-state index in [0.717, 1.165) is 55.7 Å². The summed E-state index contributed by atoms with van der Waals surface area (Å²) in [6.07, 6.45) is 4.88. The van der Waals surface area contributed by atoms with Gasteiger partial charge in [-0.25, -0.2) is 14.5 Å². The number of pyridine rings is 1. The smallest absolute Gasteiger partial charge is 0.384 e. The van der Waals surface area contributed by atoms with Crippen LogP contribution in [0.3, 0.4) is 0 Å². The van der Waals surface area contributed by atoms with Crippen LogP contribution in [-0.2, 0) is 22.3 Å². The van der Waals surface area contributed by atoms with Gasteiger partial charge in [-0.2, -0.15) is 13.2 Å². The maximum Gasteiger partial charge on any atom is 0.417 e. The third-order valence-corrected chi connectivity index (χ3v) is 7.70. The highest BCUT2D eigenvalue weighted by molar-refractivity contribution is 5.92. The van der Waals surface area contributed by atoms with Gasteiger partial charge in [-0.15, -0.1) is 5.10 Å². The largest absolute Gasteiger partial charge is 0.417 e. The SMILES string of the molecule is C/C=C\C(=O)CCC(=O)N1CCN(Cc2cc3c(N4CCCCC4)nc(-c4cnc(N)cc4C(F)(F)F)nn3c2)CC1. The van der Waals surface area contributed by atoms with Crippen LogP contribution >= 0.6 is 0 Å². The van der Waals surface area contributed by atoms with Gasteiger partial charge in [0, 0.05) is 71.0 Å². The Hall–Kier alpha value is -4.00. The third-order valence-electron chi connectivity index (χ3n) is 7.70. The zero-order valence-corrected chi connectivity index (χ0v) is 23.6. The molecule has 3 aromatic rings. The van der Waals surface area contributed by atoms with Crippen LogP contribution in [0.2, 0.25) is 0 Å². The van der Waals surface area contributed by atoms with E-state index in [0.29, 0.717) is 38.5 Å². The van der Waals surface area contributed by atoms with E-state index in [9.17, 15) is 22.8 Å². The van der Waals surface area contributed by atoms with Crippen LogP contribution in [0.1, 0.15) is 50.2 Å². The standard InChI is InChI=1S/C29H35F3N8O2/c1-2-6-21(41)7-8-26(42)38-13-11-37(12-14-38)18-20-15-24-28(39-9-4-3-5-10-39)35-27(36-40(24)19-20)22-17-34-25(33)16-23(22)29(30,31)32/h2,6,15-17,19H,3-5,7-14,18H2,1H3,(H2,33,34)/b6-2-. The molecule has 42 heavy (non-hydrogen) atoms. The number of amides is 1. The summed E-state index contributed by atoms with van der Waals surface area (Å²) in [6.45, 7) is 6.36. The first kappa shape index (κ1) is 29.5. The van der Waals surface area contributed by atoms with Gasteiger partial charge in [0.25, 0.3) is 0 Å². The number of rotatable bonds is 8. The molecule has 2 saturated heterocycles. The van der Waals surface area contributed by atoms with Crippen molar-refractivity contribution >= 4 is 28.8 Å². The van der Waals surface area contributed by atoms with Crippen LogP contribution in [0.15, 0.2) is 36.7 Å². The number of halogens is 3. The number of aromatic nitrogens is 4. The second kappa shape index (κ2) is 12.5. The molecule has 0 atom stereocenters. The molecule has 0 aromatic carbocycles. The first-order valence-corrected chi connectivity index (χ1v) is 14.3. The minimum Gasteiger partial charge on any atom is -0.384 e. The maximum atomic E-state index is 13.9. The van der Waals surface area contributed by atoms with Gasteiger partial charge in [0.05, 0.1) is 11.1 Å². The quantitative estimate of drug-likeness (QED) is 0.396. The summed E-state index contributed by atoms with van der Waals surface area (Å²) in [5.74, 6) is 0.230. The van der Waals surface area contributed by atoms with Gasteiger partial charge in [-0.05, 0) is 50.0 Å². The van der Waals surface area contributed by atoms with Gasteiger partial charge >= 0.3 is 6.18 Å². The molecule has 10 nitrogen and oxygen atoms in total. The fourth-order valence-electron chi connectivity index (χ4n) is 5.53. The number of allylic oxidation sites excluding steroid dienone is 2. The Bertz CT molecular complexity index is 1470. The zero-order chi connectivity index (χ0) is 29.9. The number of nitrogens with two attached hydrogens (primary N) is 1. The minimum atomic E-state index is -4.65. The number of nitrogens with zero attached hydrogens (tertiary/aromatic N) is 7. The van der Waals surface area contributed by atoms with Crippen LogP contribution in [-0.4, -0.2) is 80.3 Å². The number of hydrogen-bond donors (Lipinski definition) is 1. The number of anilines is 2. The van der Waals surface area contributed by atoms with Crippen LogP contribution in [0.5, 0.6) is 0 Å². The molecule has 5 heterocycles. The van der Waals surface area contributed by atoms with Crippen molar-refractivity contribution in [3.63, 3.8) is 0 Å². The predicted molar refractivity (Wildman–Crippen MR) is 153 cm³/mol. The van der Waals surface area contributed by atoms with Crippen molar-refractivity contribution in [3.05, 3.63) is 47.8 Å². The van der Waals surface area contributed by atoms with Crippen LogP contribution < -0.4 is 10.6 Å². The molecule has 0 unspecified atom stereocenters. The van der Waals surface area contributed by atoms with E-state index in [1.54, 1.807) is 22.4 Å². The molecule has 2 N–H and O–H groups in total. The number of fused-ring (bicyclic) bond motifs is 1. The number of piperidine rings is 1. The average molecular weight is 585 g/mol. The highest BCUT2D eigenvalue weighted by Gasteiger charge is 2.35. The maximum absolute atomic E-state index is 13.9. The van der Waals surface area contributed by atoms with Gasteiger partial charge in [0.1, 0.15) is 11.3 Å². The first-order chi connectivity index (χ1) is 20.1. The Morgan fingerprint density at radius 2 is 1.76 bits per heavy atom. The fourth-order valence-corrected chi connectivity index (χ4v) is 5.53. The molecule has 0 bridgehead atoms. The van der Waals surface area contributed by atoms with Crippen LogP contribution in [0.25, 0.3) is 16.9 Å². The van der Waals surface area contributed by atoms with Crippen molar-refractivity contribution < 1.29 is 22.8 Å². The summed E-state index contributed by atoms with van der Waals surface area (Å²) in [5.41, 5.74) is 6.12. The molecule has 0 aliphatic carbocycles. The van der Waals surface area contributed by atoms with E-state index in [-0.39, 0.29) is 41.7 Å². The molecule has 2 aliphatic heterocycles. The van der Waals surface area contributed by atoms with Crippen molar-refractivity contribution in [3.8, 4) is 11.4 Å². The van der Waals surface area contributed by atoms with E-state index in [2.05, 4.69) is 24.9 Å². The lowest BCUT2D eigenvalue weighted by Gasteiger charge is -2.34. The van der Waals surface area contributed by atoms with Crippen molar-refractivity contribution in [2.45, 2.75) is 51.7 Å². The number of carbonyl (C=O) groups excluding carboxylic acids is 2. The summed E-state index contributed by atoms with van der Waals surface area (Å²) < 4.78 is 43.4. The molecule has 1 amide bonds. The van der Waals surface area contributed by atoms with E-state index < -0.39 is 11.7 Å². The molecular formula is C29H35F3N8O2. The van der Waals surface area contributed by atoms with E-state index >= 15 is 0 Å². The van der Waals surface area contributed by atoms with Crippen molar-refractivity contribution in [1.82, 2.24) is 29.4 Å². The Labute approximate surface area is 242 Å². The molecule has 0 saturated carbocycles. The van der Waals surface area contributed by atoms with Gasteiger partial charge in [0.15, 0.2) is 17.4 Å². The highest BCUT2D eigenvalue weighted by Crippen LogP contribution is 2.37. The first-order valence-electron chi connectivity index (χ1n) is 14.3. The normalized spacial score (nSPS) is 17.0. The van der Waals surface area contributed by atoms with Crippen LogP contribution in [0.4, 0.5) is 24.8 Å². The number of hydrogen-bond acceptors (Lipinski definition) is 8. The minimum absolute atomic E-state index is 0.0218. The Morgan fingerprint density at radius 1 is 1.02 bits per heavy atom. The van der Waals surface area contributed by atoms with Gasteiger partial charge in [-0.1, -0.05) is 6.08 Å². The molecule has 0 radical (unpaired) electrons. The molecular weight excluding hydrogens is 549 g/mol. The zero-order valence-electron chi connectivity index (χ0n) is 23.6. The summed E-state index contributed by atoms with van der Waals surface area (Å²) >= 11 is 0. The average Bonchev–Trinajstić information content (AvgIpc) is 3.38. The van der Waals surface area contributed by atoms with Gasteiger partial charge in [0.2, 0.25) is 5.91 Å². The lowest BCUT2D eigenvalue weighted by atomic mass is 10.1. The van der Waals surface area contributed by atoms with Crippen molar-refractivity contribution in [1.29, 1.82) is 0 Å². The predicted octanol–water partition coefficient (Wildman–Crippen LogP) is 3.95. The lowest BCUT2D eigenvalue weighted by Crippen LogP contribution is -2.48. The second-order valence-corrected chi connectivity index (χ2v) is 10.8. The third kappa shape index (κ3) is 6.72.